The van der Waals surface area contributed by atoms with E-state index < -0.39 is 0 Å². The average molecular weight is 303 g/mol. The third kappa shape index (κ3) is 2.20. The molecule has 0 radical (unpaired) electrons. The van der Waals surface area contributed by atoms with Crippen LogP contribution in [0.4, 0.5) is 0 Å². The lowest BCUT2D eigenvalue weighted by Crippen LogP contribution is -1.95. The van der Waals surface area contributed by atoms with Gasteiger partial charge >= 0.3 is 0 Å². The minimum absolute atomic E-state index is 0.576. The van der Waals surface area contributed by atoms with Gasteiger partial charge in [-0.3, -0.25) is 0 Å². The van der Waals surface area contributed by atoms with Crippen molar-refractivity contribution in [3.05, 3.63) is 35.1 Å². The van der Waals surface area contributed by atoms with Gasteiger partial charge in [0, 0.05) is 11.4 Å². The summed E-state index contributed by atoms with van der Waals surface area (Å²) in [6.07, 6.45) is 1.84. The molecule has 0 N–H and O–H groups in total. The molecule has 0 aliphatic heterocycles. The Morgan fingerprint density at radius 1 is 1.50 bits per heavy atom. The number of halogens is 2. The Labute approximate surface area is 106 Å². The summed E-state index contributed by atoms with van der Waals surface area (Å²) in [7, 11) is 1.58. The summed E-state index contributed by atoms with van der Waals surface area (Å²) < 4.78 is 6.81. The molecule has 4 nitrogen and oxygen atoms in total. The highest BCUT2D eigenvalue weighted by molar-refractivity contribution is 9.08. The summed E-state index contributed by atoms with van der Waals surface area (Å²) in [5.41, 5.74) is 1.73. The maximum absolute atomic E-state index is 5.94. The second kappa shape index (κ2) is 4.84. The Morgan fingerprint density at radius 3 is 2.94 bits per heavy atom. The van der Waals surface area contributed by atoms with E-state index in [9.17, 15) is 0 Å². The van der Waals surface area contributed by atoms with Crippen molar-refractivity contribution in [3.63, 3.8) is 0 Å². The molecule has 0 aliphatic rings. The molecule has 0 saturated heterocycles. The highest BCUT2D eigenvalue weighted by Crippen LogP contribution is 2.26. The average Bonchev–Trinajstić information content (AvgIpc) is 2.78. The number of aromatic nitrogens is 3. The standard InChI is InChI=1S/C10H9BrClN3O/c1-16-10-4-8(2-3-9(10)12)15-6-7(5-11)13-14-15/h2-4,6H,5H2,1H3. The molecule has 1 aromatic heterocycles. The number of rotatable bonds is 3. The van der Waals surface area contributed by atoms with Crippen LogP contribution in [-0.4, -0.2) is 22.1 Å². The van der Waals surface area contributed by atoms with Gasteiger partial charge in [-0.2, -0.15) is 0 Å². The molecule has 0 unspecified atom stereocenters. The van der Waals surface area contributed by atoms with Crippen LogP contribution in [0.15, 0.2) is 24.4 Å². The van der Waals surface area contributed by atoms with E-state index in [4.69, 9.17) is 16.3 Å². The van der Waals surface area contributed by atoms with Crippen molar-refractivity contribution in [2.75, 3.05) is 7.11 Å². The Kier molecular flexibility index (Phi) is 3.46. The van der Waals surface area contributed by atoms with Crippen LogP contribution >= 0.6 is 27.5 Å². The Morgan fingerprint density at radius 2 is 2.31 bits per heavy atom. The lowest BCUT2D eigenvalue weighted by molar-refractivity contribution is 0.414. The van der Waals surface area contributed by atoms with Crippen molar-refractivity contribution in [1.82, 2.24) is 15.0 Å². The molecule has 84 valence electrons. The van der Waals surface area contributed by atoms with E-state index in [0.29, 0.717) is 16.1 Å². The first-order valence-corrected chi connectivity index (χ1v) is 6.05. The zero-order valence-corrected chi connectivity index (χ0v) is 10.9. The van der Waals surface area contributed by atoms with Crippen LogP contribution in [0.2, 0.25) is 5.02 Å². The quantitative estimate of drug-likeness (QED) is 0.819. The minimum atomic E-state index is 0.576. The number of alkyl halides is 1. The second-order valence-electron chi connectivity index (χ2n) is 3.11. The van der Waals surface area contributed by atoms with Crippen LogP contribution < -0.4 is 4.74 Å². The molecule has 2 rings (SSSR count). The second-order valence-corrected chi connectivity index (χ2v) is 4.07. The van der Waals surface area contributed by atoms with Crippen molar-refractivity contribution in [2.24, 2.45) is 0 Å². The normalized spacial score (nSPS) is 10.4. The summed E-state index contributed by atoms with van der Waals surface area (Å²) in [4.78, 5) is 0. The molecule has 0 aliphatic carbocycles. The SMILES string of the molecule is COc1cc(-n2cc(CBr)nn2)ccc1Cl. The molecule has 0 spiro atoms. The van der Waals surface area contributed by atoms with E-state index in [1.165, 1.54) is 0 Å². The predicted octanol–water partition coefficient (Wildman–Crippen LogP) is 2.82. The van der Waals surface area contributed by atoms with Gasteiger partial charge in [0.05, 0.1) is 29.7 Å². The van der Waals surface area contributed by atoms with Gasteiger partial charge in [-0.25, -0.2) is 4.68 Å². The maximum atomic E-state index is 5.94. The fourth-order valence-corrected chi connectivity index (χ4v) is 1.73. The lowest BCUT2D eigenvalue weighted by Gasteiger charge is -2.05. The number of methoxy groups -OCH3 is 1. The first-order valence-electron chi connectivity index (χ1n) is 4.55. The molecular formula is C10H9BrClN3O. The zero-order chi connectivity index (χ0) is 11.5. The van der Waals surface area contributed by atoms with Gasteiger partial charge in [-0.1, -0.05) is 32.7 Å². The summed E-state index contributed by atoms with van der Waals surface area (Å²) in [5, 5.41) is 9.24. The number of nitrogens with zero attached hydrogens (tertiary/aromatic N) is 3. The topological polar surface area (TPSA) is 39.9 Å². The summed E-state index contributed by atoms with van der Waals surface area (Å²) >= 11 is 9.26. The lowest BCUT2D eigenvalue weighted by atomic mass is 10.3. The molecule has 0 bridgehead atoms. The highest BCUT2D eigenvalue weighted by Gasteiger charge is 2.05. The van der Waals surface area contributed by atoms with E-state index in [1.54, 1.807) is 17.9 Å². The van der Waals surface area contributed by atoms with Gasteiger partial charge < -0.3 is 4.74 Å². The minimum Gasteiger partial charge on any atom is -0.495 e. The number of hydrogen-bond donors (Lipinski definition) is 0. The number of ether oxygens (including phenoxy) is 1. The van der Waals surface area contributed by atoms with Gasteiger partial charge in [0.25, 0.3) is 0 Å². The van der Waals surface area contributed by atoms with Crippen molar-refractivity contribution < 1.29 is 4.74 Å². The Balaban J connectivity index is 2.40. The van der Waals surface area contributed by atoms with E-state index in [-0.39, 0.29) is 0 Å². The monoisotopic (exact) mass is 301 g/mol. The van der Waals surface area contributed by atoms with Gasteiger partial charge in [-0.05, 0) is 12.1 Å². The molecule has 16 heavy (non-hydrogen) atoms. The largest absolute Gasteiger partial charge is 0.495 e. The van der Waals surface area contributed by atoms with Crippen LogP contribution in [-0.2, 0) is 5.33 Å². The molecule has 2 aromatic rings. The first kappa shape index (κ1) is 11.4. The third-order valence-corrected chi connectivity index (χ3v) is 2.96. The molecule has 0 amide bonds. The molecule has 1 heterocycles. The van der Waals surface area contributed by atoms with Gasteiger partial charge in [-0.15, -0.1) is 5.10 Å². The predicted molar refractivity (Wildman–Crippen MR) is 65.6 cm³/mol. The van der Waals surface area contributed by atoms with Crippen LogP contribution in [0.25, 0.3) is 5.69 Å². The van der Waals surface area contributed by atoms with Crippen molar-refractivity contribution in [3.8, 4) is 11.4 Å². The summed E-state index contributed by atoms with van der Waals surface area (Å²) in [6.45, 7) is 0. The van der Waals surface area contributed by atoms with E-state index >= 15 is 0 Å². The fraction of sp³-hybridized carbons (Fsp3) is 0.200. The first-order chi connectivity index (χ1) is 7.74. The summed E-state index contributed by atoms with van der Waals surface area (Å²) in [6, 6.07) is 5.44. The van der Waals surface area contributed by atoms with Crippen LogP contribution in [0.1, 0.15) is 5.69 Å². The Bertz CT molecular complexity index is 501. The number of benzene rings is 1. The smallest absolute Gasteiger partial charge is 0.139 e. The van der Waals surface area contributed by atoms with Crippen molar-refractivity contribution >= 4 is 27.5 Å². The summed E-state index contributed by atoms with van der Waals surface area (Å²) in [5.74, 6) is 0.620. The van der Waals surface area contributed by atoms with Gasteiger partial charge in [0.15, 0.2) is 0 Å². The van der Waals surface area contributed by atoms with Crippen molar-refractivity contribution in [1.29, 1.82) is 0 Å². The van der Waals surface area contributed by atoms with Crippen LogP contribution in [0.3, 0.4) is 0 Å². The maximum Gasteiger partial charge on any atom is 0.139 e. The van der Waals surface area contributed by atoms with Crippen LogP contribution in [0.5, 0.6) is 5.75 Å². The van der Waals surface area contributed by atoms with Crippen molar-refractivity contribution in [2.45, 2.75) is 5.33 Å². The molecule has 0 atom stereocenters. The van der Waals surface area contributed by atoms with Gasteiger partial charge in [0.1, 0.15) is 5.75 Å². The van der Waals surface area contributed by atoms with Crippen LogP contribution in [0, 0.1) is 0 Å². The van der Waals surface area contributed by atoms with E-state index in [0.717, 1.165) is 11.4 Å². The molecule has 0 saturated carbocycles. The zero-order valence-electron chi connectivity index (χ0n) is 8.52. The number of hydrogen-bond acceptors (Lipinski definition) is 3. The third-order valence-electron chi connectivity index (χ3n) is 2.08. The highest BCUT2D eigenvalue weighted by atomic mass is 79.9. The molecule has 0 fully saturated rings. The van der Waals surface area contributed by atoms with E-state index in [2.05, 4.69) is 26.2 Å². The molecule has 1 aromatic carbocycles. The molecule has 6 heteroatoms. The molecular weight excluding hydrogens is 293 g/mol. The van der Waals surface area contributed by atoms with Gasteiger partial charge in [0.2, 0.25) is 0 Å². The fourth-order valence-electron chi connectivity index (χ4n) is 1.28. The Hall–Kier alpha value is -1.07. The van der Waals surface area contributed by atoms with E-state index in [1.807, 2.05) is 18.3 Å².